The first-order valence-corrected chi connectivity index (χ1v) is 12.3. The van der Waals surface area contributed by atoms with Crippen molar-refractivity contribution in [3.05, 3.63) is 60.2 Å². The van der Waals surface area contributed by atoms with Gasteiger partial charge < -0.3 is 15.1 Å². The van der Waals surface area contributed by atoms with Gasteiger partial charge in [-0.3, -0.25) is 19.3 Å². The molecular weight excluding hydrogens is 428 g/mol. The van der Waals surface area contributed by atoms with Crippen LogP contribution in [0.1, 0.15) is 49.4 Å². The summed E-state index contributed by atoms with van der Waals surface area (Å²) in [7, 11) is 0. The molecule has 2 saturated heterocycles. The van der Waals surface area contributed by atoms with Gasteiger partial charge in [0.25, 0.3) is 5.91 Å². The van der Waals surface area contributed by atoms with Crippen molar-refractivity contribution >= 4 is 29.1 Å². The minimum Gasteiger partial charge on any atom is -0.339 e. The van der Waals surface area contributed by atoms with Gasteiger partial charge in [0.15, 0.2) is 0 Å². The van der Waals surface area contributed by atoms with Gasteiger partial charge in [0.05, 0.1) is 6.54 Å². The van der Waals surface area contributed by atoms with Crippen molar-refractivity contribution in [2.24, 2.45) is 0 Å². The molecule has 0 aliphatic carbocycles. The third kappa shape index (κ3) is 5.83. The Kier molecular flexibility index (Phi) is 7.95. The summed E-state index contributed by atoms with van der Waals surface area (Å²) in [5.41, 5.74) is 2.27. The predicted octanol–water partition coefficient (Wildman–Crippen LogP) is 3.77. The lowest BCUT2D eigenvalue weighted by molar-refractivity contribution is -0.118. The molecule has 2 aliphatic rings. The van der Waals surface area contributed by atoms with E-state index in [1.54, 1.807) is 4.90 Å². The molecule has 34 heavy (non-hydrogen) atoms. The Morgan fingerprint density at radius 3 is 2.47 bits per heavy atom. The Labute approximate surface area is 201 Å². The van der Waals surface area contributed by atoms with E-state index in [4.69, 9.17) is 0 Å². The van der Waals surface area contributed by atoms with Crippen LogP contribution in [0.4, 0.5) is 11.4 Å². The summed E-state index contributed by atoms with van der Waals surface area (Å²) in [6, 6.07) is 17.2. The Hall–Kier alpha value is -3.19. The minimum absolute atomic E-state index is 0.0545. The fourth-order valence-electron chi connectivity index (χ4n) is 4.93. The summed E-state index contributed by atoms with van der Waals surface area (Å²) in [5, 5.41) is 3.01. The Bertz CT molecular complexity index is 1000. The highest BCUT2D eigenvalue weighted by Gasteiger charge is 2.28. The van der Waals surface area contributed by atoms with Crippen LogP contribution in [0.3, 0.4) is 0 Å². The number of nitrogens with one attached hydrogen (secondary N) is 1. The number of hydrogen-bond acceptors (Lipinski definition) is 4. The normalized spacial score (nSPS) is 16.8. The second-order valence-electron chi connectivity index (χ2n) is 9.11. The number of piperidine rings is 1. The van der Waals surface area contributed by atoms with Crippen LogP contribution in [0.25, 0.3) is 0 Å². The van der Waals surface area contributed by atoms with E-state index in [9.17, 15) is 14.4 Å². The molecule has 0 saturated carbocycles. The Balaban J connectivity index is 1.32. The number of carbonyl (C=O) groups excluding carboxylic acids is 3. The molecule has 180 valence electrons. The first kappa shape index (κ1) is 24.0. The number of benzene rings is 2. The zero-order chi connectivity index (χ0) is 23.9. The van der Waals surface area contributed by atoms with Gasteiger partial charge in [0, 0.05) is 49.0 Å². The van der Waals surface area contributed by atoms with E-state index in [0.29, 0.717) is 31.7 Å². The second-order valence-corrected chi connectivity index (χ2v) is 9.11. The van der Waals surface area contributed by atoms with Crippen molar-refractivity contribution in [3.8, 4) is 0 Å². The SMILES string of the molecule is CCCN(CC(=O)Nc1cccc(N2CCCC2=O)c1)C1CCN(C(=O)c2ccccc2)CC1. The van der Waals surface area contributed by atoms with Crippen LogP contribution < -0.4 is 10.2 Å². The lowest BCUT2D eigenvalue weighted by Crippen LogP contribution is -2.49. The highest BCUT2D eigenvalue weighted by atomic mass is 16.2. The monoisotopic (exact) mass is 462 g/mol. The zero-order valence-corrected chi connectivity index (χ0v) is 19.9. The van der Waals surface area contributed by atoms with Gasteiger partial charge in [-0.2, -0.15) is 0 Å². The van der Waals surface area contributed by atoms with Gasteiger partial charge in [0.2, 0.25) is 11.8 Å². The third-order valence-electron chi connectivity index (χ3n) is 6.66. The standard InChI is InChI=1S/C27H34N4O3/c1-2-15-30(23-13-17-29(18-14-23)27(34)21-8-4-3-5-9-21)20-25(32)28-22-10-6-11-24(19-22)31-16-7-12-26(31)33/h3-6,8-11,19,23H,2,7,12-18,20H2,1H3,(H,28,32). The molecule has 3 amide bonds. The molecule has 2 aromatic carbocycles. The molecule has 2 heterocycles. The van der Waals surface area contributed by atoms with Crippen molar-refractivity contribution in [2.75, 3.05) is 42.9 Å². The van der Waals surface area contributed by atoms with E-state index >= 15 is 0 Å². The lowest BCUT2D eigenvalue weighted by Gasteiger charge is -2.38. The van der Waals surface area contributed by atoms with Crippen LogP contribution in [-0.4, -0.2) is 66.3 Å². The predicted molar refractivity (Wildman–Crippen MR) is 134 cm³/mol. The smallest absolute Gasteiger partial charge is 0.253 e. The number of anilines is 2. The molecule has 1 N–H and O–H groups in total. The van der Waals surface area contributed by atoms with Gasteiger partial charge in [-0.15, -0.1) is 0 Å². The molecule has 7 heteroatoms. The van der Waals surface area contributed by atoms with E-state index in [1.807, 2.05) is 59.5 Å². The van der Waals surface area contributed by atoms with Crippen LogP contribution in [0, 0.1) is 0 Å². The van der Waals surface area contributed by atoms with E-state index < -0.39 is 0 Å². The largest absolute Gasteiger partial charge is 0.339 e. The highest BCUT2D eigenvalue weighted by molar-refractivity contribution is 5.97. The number of rotatable bonds is 8. The first-order valence-electron chi connectivity index (χ1n) is 12.3. The number of hydrogen-bond donors (Lipinski definition) is 1. The molecule has 0 spiro atoms. The van der Waals surface area contributed by atoms with Gasteiger partial charge in [-0.05, 0) is 62.6 Å². The fourth-order valence-corrected chi connectivity index (χ4v) is 4.93. The lowest BCUT2D eigenvalue weighted by atomic mass is 10.0. The van der Waals surface area contributed by atoms with E-state index in [-0.39, 0.29) is 23.8 Å². The van der Waals surface area contributed by atoms with Gasteiger partial charge in [-0.25, -0.2) is 0 Å². The molecule has 7 nitrogen and oxygen atoms in total. The summed E-state index contributed by atoms with van der Waals surface area (Å²) in [5.74, 6) is 0.158. The summed E-state index contributed by atoms with van der Waals surface area (Å²) in [6.07, 6.45) is 4.13. The molecule has 0 radical (unpaired) electrons. The molecule has 0 unspecified atom stereocenters. The average Bonchev–Trinajstić information content (AvgIpc) is 3.30. The number of amides is 3. The number of nitrogens with zero attached hydrogens (tertiary/aromatic N) is 3. The van der Waals surface area contributed by atoms with Crippen molar-refractivity contribution in [3.63, 3.8) is 0 Å². The molecule has 0 aromatic heterocycles. The van der Waals surface area contributed by atoms with Crippen LogP contribution in [0.5, 0.6) is 0 Å². The summed E-state index contributed by atoms with van der Waals surface area (Å²) < 4.78 is 0. The number of carbonyl (C=O) groups is 3. The van der Waals surface area contributed by atoms with Crippen molar-refractivity contribution < 1.29 is 14.4 Å². The van der Waals surface area contributed by atoms with Crippen LogP contribution in [0.2, 0.25) is 0 Å². The van der Waals surface area contributed by atoms with Crippen LogP contribution >= 0.6 is 0 Å². The molecule has 4 rings (SSSR count). The van der Waals surface area contributed by atoms with Gasteiger partial charge in [0.1, 0.15) is 0 Å². The molecule has 2 aliphatic heterocycles. The Morgan fingerprint density at radius 1 is 1.03 bits per heavy atom. The van der Waals surface area contributed by atoms with E-state index in [0.717, 1.165) is 50.0 Å². The van der Waals surface area contributed by atoms with Crippen molar-refractivity contribution in [2.45, 2.75) is 45.1 Å². The van der Waals surface area contributed by atoms with Crippen LogP contribution in [0.15, 0.2) is 54.6 Å². The quantitative estimate of drug-likeness (QED) is 0.648. The maximum Gasteiger partial charge on any atom is 0.253 e. The van der Waals surface area contributed by atoms with Crippen molar-refractivity contribution in [1.29, 1.82) is 0 Å². The maximum atomic E-state index is 12.9. The maximum absolute atomic E-state index is 12.9. The van der Waals surface area contributed by atoms with Gasteiger partial charge in [-0.1, -0.05) is 31.2 Å². The molecule has 0 bridgehead atoms. The second kappa shape index (κ2) is 11.3. The van der Waals surface area contributed by atoms with Crippen molar-refractivity contribution in [1.82, 2.24) is 9.80 Å². The number of likely N-dealkylation sites (tertiary alicyclic amines) is 1. The highest BCUT2D eigenvalue weighted by Crippen LogP contribution is 2.24. The zero-order valence-electron chi connectivity index (χ0n) is 19.9. The fraction of sp³-hybridized carbons (Fsp3) is 0.444. The van der Waals surface area contributed by atoms with E-state index in [1.165, 1.54) is 0 Å². The summed E-state index contributed by atoms with van der Waals surface area (Å²) in [4.78, 5) is 43.6. The molecule has 2 fully saturated rings. The molecule has 0 atom stereocenters. The topological polar surface area (TPSA) is 73.0 Å². The third-order valence-corrected chi connectivity index (χ3v) is 6.66. The molecule has 2 aromatic rings. The average molecular weight is 463 g/mol. The summed E-state index contributed by atoms with van der Waals surface area (Å²) in [6.45, 7) is 5.41. The molecular formula is C27H34N4O3. The van der Waals surface area contributed by atoms with E-state index in [2.05, 4.69) is 17.1 Å². The van der Waals surface area contributed by atoms with Gasteiger partial charge >= 0.3 is 0 Å². The van der Waals surface area contributed by atoms with Crippen LogP contribution in [-0.2, 0) is 9.59 Å². The Morgan fingerprint density at radius 2 is 1.79 bits per heavy atom. The first-order chi connectivity index (χ1) is 16.5. The minimum atomic E-state index is -0.0545. The summed E-state index contributed by atoms with van der Waals surface area (Å²) >= 11 is 0.